The molecule has 43 heavy (non-hydrogen) atoms. The summed E-state index contributed by atoms with van der Waals surface area (Å²) in [6.45, 7) is -1.20. The average Bonchev–Trinajstić information content (AvgIpc) is 3.80. The molecule has 13 heteroatoms. The van der Waals surface area contributed by atoms with E-state index in [1.807, 2.05) is 0 Å². The number of ether oxygens (including phenoxy) is 3. The Morgan fingerprint density at radius 1 is 1.00 bits per heavy atom. The van der Waals surface area contributed by atoms with Gasteiger partial charge in [0.05, 0.1) is 33.7 Å². The van der Waals surface area contributed by atoms with Crippen molar-refractivity contribution in [3.63, 3.8) is 0 Å². The highest BCUT2D eigenvalue weighted by Crippen LogP contribution is 2.38. The SMILES string of the molecule is O=C(O[C@@H](Cc1c(Cl)cncc1Cl)c1ccc(OC(F)F)c(OCC2CC2)c1)c1ccc(CN2CCS(=O)(=O)CC2)cc1. The van der Waals surface area contributed by atoms with Crippen LogP contribution in [0.5, 0.6) is 11.5 Å². The van der Waals surface area contributed by atoms with Crippen molar-refractivity contribution < 1.29 is 36.2 Å². The number of sulfone groups is 1. The van der Waals surface area contributed by atoms with Gasteiger partial charge in [0.1, 0.15) is 6.10 Å². The molecular formula is C30H30Cl2F2N2O6S. The largest absolute Gasteiger partial charge is 0.489 e. The van der Waals surface area contributed by atoms with Gasteiger partial charge in [-0.1, -0.05) is 41.4 Å². The monoisotopic (exact) mass is 654 g/mol. The Balaban J connectivity index is 1.36. The number of pyridine rings is 1. The molecule has 0 unspecified atom stereocenters. The third-order valence-corrected chi connectivity index (χ3v) is 9.61. The second-order valence-electron chi connectivity index (χ2n) is 10.6. The summed E-state index contributed by atoms with van der Waals surface area (Å²) in [5.74, 6) is 0.00550. The number of benzene rings is 2. The third-order valence-electron chi connectivity index (χ3n) is 7.35. The predicted molar refractivity (Wildman–Crippen MR) is 158 cm³/mol. The number of carbonyl (C=O) groups excluding carboxylic acids is 1. The molecule has 230 valence electrons. The van der Waals surface area contributed by atoms with E-state index in [9.17, 15) is 22.0 Å². The Bertz CT molecular complexity index is 1520. The lowest BCUT2D eigenvalue weighted by Gasteiger charge is -2.26. The fraction of sp³-hybridized carbons (Fsp3) is 0.400. The van der Waals surface area contributed by atoms with Crippen molar-refractivity contribution in [3.8, 4) is 11.5 Å². The van der Waals surface area contributed by atoms with E-state index in [2.05, 4.69) is 14.6 Å². The first kappa shape index (κ1) is 31.4. The second kappa shape index (κ2) is 13.8. The predicted octanol–water partition coefficient (Wildman–Crippen LogP) is 6.15. The van der Waals surface area contributed by atoms with Crippen molar-refractivity contribution in [2.24, 2.45) is 5.92 Å². The average molecular weight is 656 g/mol. The van der Waals surface area contributed by atoms with Crippen molar-refractivity contribution in [2.45, 2.75) is 38.5 Å². The highest BCUT2D eigenvalue weighted by molar-refractivity contribution is 7.91. The van der Waals surface area contributed by atoms with Crippen LogP contribution in [0.25, 0.3) is 0 Å². The van der Waals surface area contributed by atoms with Gasteiger partial charge in [-0.05, 0) is 59.7 Å². The summed E-state index contributed by atoms with van der Waals surface area (Å²) in [7, 11) is -2.97. The van der Waals surface area contributed by atoms with Gasteiger partial charge < -0.3 is 14.2 Å². The van der Waals surface area contributed by atoms with Gasteiger partial charge in [0.25, 0.3) is 0 Å². The maximum absolute atomic E-state index is 13.3. The number of carbonyl (C=O) groups is 1. The molecular weight excluding hydrogens is 625 g/mol. The van der Waals surface area contributed by atoms with Gasteiger partial charge >= 0.3 is 12.6 Å². The molecule has 2 fully saturated rings. The topological polar surface area (TPSA) is 95.0 Å². The molecule has 8 nitrogen and oxygen atoms in total. The molecule has 1 saturated carbocycles. The van der Waals surface area contributed by atoms with E-state index in [0.717, 1.165) is 18.4 Å². The van der Waals surface area contributed by atoms with E-state index in [1.165, 1.54) is 30.6 Å². The first-order chi connectivity index (χ1) is 20.6. The molecule has 0 radical (unpaired) electrons. The second-order valence-corrected chi connectivity index (χ2v) is 13.8. The van der Waals surface area contributed by atoms with E-state index in [0.29, 0.717) is 48.8 Å². The molecule has 1 aromatic heterocycles. The van der Waals surface area contributed by atoms with Crippen LogP contribution in [0, 0.1) is 5.92 Å². The number of aromatic nitrogens is 1. The van der Waals surface area contributed by atoms with Gasteiger partial charge in [0, 0.05) is 38.4 Å². The normalized spacial score (nSPS) is 17.4. The van der Waals surface area contributed by atoms with Crippen LogP contribution in [0.15, 0.2) is 54.9 Å². The van der Waals surface area contributed by atoms with Crippen LogP contribution >= 0.6 is 23.2 Å². The minimum Gasteiger partial charge on any atom is -0.489 e. The molecule has 1 aliphatic heterocycles. The number of halogens is 4. The van der Waals surface area contributed by atoms with Crippen molar-refractivity contribution in [1.82, 2.24) is 9.88 Å². The van der Waals surface area contributed by atoms with Gasteiger partial charge in [-0.3, -0.25) is 9.88 Å². The first-order valence-corrected chi connectivity index (χ1v) is 16.4. The van der Waals surface area contributed by atoms with Gasteiger partial charge in [-0.15, -0.1) is 0 Å². The Morgan fingerprint density at radius 2 is 1.67 bits per heavy atom. The van der Waals surface area contributed by atoms with E-state index >= 15 is 0 Å². The maximum atomic E-state index is 13.3. The van der Waals surface area contributed by atoms with Gasteiger partial charge in [-0.25, -0.2) is 13.2 Å². The quantitative estimate of drug-likeness (QED) is 0.215. The third kappa shape index (κ3) is 8.78. The highest BCUT2D eigenvalue weighted by atomic mass is 35.5. The van der Waals surface area contributed by atoms with E-state index in [1.54, 1.807) is 24.3 Å². The summed E-state index contributed by atoms with van der Waals surface area (Å²) in [6.07, 6.45) is 4.04. The zero-order chi connectivity index (χ0) is 30.6. The van der Waals surface area contributed by atoms with Crippen LogP contribution in [-0.2, 0) is 27.5 Å². The molecule has 0 bridgehead atoms. The Morgan fingerprint density at radius 3 is 2.30 bits per heavy atom. The van der Waals surface area contributed by atoms with Gasteiger partial charge in [0.2, 0.25) is 0 Å². The van der Waals surface area contributed by atoms with Crippen molar-refractivity contribution in [3.05, 3.63) is 87.2 Å². The first-order valence-electron chi connectivity index (χ1n) is 13.8. The van der Waals surface area contributed by atoms with Crippen molar-refractivity contribution in [1.29, 1.82) is 0 Å². The molecule has 3 aromatic rings. The number of rotatable bonds is 12. The Labute approximate surface area is 258 Å². The standard InChI is InChI=1S/C30H30Cl2F2N2O6S/c31-24-15-35-16-25(32)23(24)14-27(22-7-8-26(42-30(33)34)28(13-22)40-18-20-1-2-20)41-29(37)21-5-3-19(4-6-21)17-36-9-11-43(38,39)12-10-36/h3-8,13,15-16,20,27,30H,1-2,9-12,14,17-18H2/t27-/m0/s1. The molecule has 1 atom stereocenters. The zero-order valence-electron chi connectivity index (χ0n) is 23.1. The smallest absolute Gasteiger partial charge is 0.387 e. The minimum atomic E-state index is -3.04. The zero-order valence-corrected chi connectivity index (χ0v) is 25.4. The Hall–Kier alpha value is -2.99. The van der Waals surface area contributed by atoms with Gasteiger partial charge in [-0.2, -0.15) is 8.78 Å². The number of alkyl halides is 2. The van der Waals surface area contributed by atoms with Crippen LogP contribution in [0.1, 0.15) is 46.0 Å². The van der Waals surface area contributed by atoms with Crippen LogP contribution in [-0.4, -0.2) is 62.1 Å². The van der Waals surface area contributed by atoms with Crippen molar-refractivity contribution >= 4 is 39.0 Å². The fourth-order valence-corrected chi connectivity index (χ4v) is 6.48. The molecule has 2 aliphatic rings. The van der Waals surface area contributed by atoms with Crippen LogP contribution in [0.2, 0.25) is 10.0 Å². The number of nitrogens with zero attached hydrogens (tertiary/aromatic N) is 2. The summed E-state index contributed by atoms with van der Waals surface area (Å²) < 4.78 is 66.1. The highest BCUT2D eigenvalue weighted by Gasteiger charge is 2.26. The number of hydrogen-bond donors (Lipinski definition) is 0. The van der Waals surface area contributed by atoms with E-state index in [-0.39, 0.29) is 39.5 Å². The summed E-state index contributed by atoms with van der Waals surface area (Å²) in [4.78, 5) is 19.4. The van der Waals surface area contributed by atoms with E-state index in [4.69, 9.17) is 32.7 Å². The molecule has 1 aliphatic carbocycles. The summed E-state index contributed by atoms with van der Waals surface area (Å²) >= 11 is 12.8. The van der Waals surface area contributed by atoms with Gasteiger partial charge in [0.15, 0.2) is 21.3 Å². The fourth-order valence-electron chi connectivity index (χ4n) is 4.68. The number of esters is 1. The minimum absolute atomic E-state index is 0.0823. The van der Waals surface area contributed by atoms with Crippen LogP contribution in [0.3, 0.4) is 0 Å². The lowest BCUT2D eigenvalue weighted by atomic mass is 10.0. The summed E-state index contributed by atoms with van der Waals surface area (Å²) in [5.41, 5.74) is 2.20. The summed E-state index contributed by atoms with van der Waals surface area (Å²) in [5, 5.41) is 0.567. The van der Waals surface area contributed by atoms with E-state index < -0.39 is 28.5 Å². The molecule has 5 rings (SSSR count). The van der Waals surface area contributed by atoms with Crippen LogP contribution in [0.4, 0.5) is 8.78 Å². The molecule has 0 N–H and O–H groups in total. The molecule has 0 spiro atoms. The van der Waals surface area contributed by atoms with Crippen LogP contribution < -0.4 is 9.47 Å². The lowest BCUT2D eigenvalue weighted by Crippen LogP contribution is -2.39. The molecule has 2 aromatic carbocycles. The molecule has 1 saturated heterocycles. The molecule has 2 heterocycles. The number of hydrogen-bond acceptors (Lipinski definition) is 8. The maximum Gasteiger partial charge on any atom is 0.387 e. The molecule has 0 amide bonds. The Kier molecular flexibility index (Phi) is 10.1. The van der Waals surface area contributed by atoms with Crippen molar-refractivity contribution in [2.75, 3.05) is 31.2 Å². The summed E-state index contributed by atoms with van der Waals surface area (Å²) in [6, 6.07) is 11.3. The lowest BCUT2D eigenvalue weighted by molar-refractivity contribution is -0.0515.